The highest BCUT2D eigenvalue weighted by atomic mass is 32.1. The van der Waals surface area contributed by atoms with Gasteiger partial charge in [-0.1, -0.05) is 0 Å². The van der Waals surface area contributed by atoms with Gasteiger partial charge in [0, 0.05) is 4.88 Å². The second-order valence-electron chi connectivity index (χ2n) is 4.15. The average Bonchev–Trinajstić information content (AvgIpc) is 2.77. The Hall–Kier alpha value is -2.08. The predicted octanol–water partition coefficient (Wildman–Crippen LogP) is 3.22. The first-order valence-electron chi connectivity index (χ1n) is 6.09. The SMILES string of the molecule is COc1ccc(/C=N\Nc2nc(C)c(C)s2)cc1OC. The van der Waals surface area contributed by atoms with E-state index >= 15 is 0 Å². The molecule has 0 bridgehead atoms. The van der Waals surface area contributed by atoms with Crippen LogP contribution in [0.1, 0.15) is 16.1 Å². The van der Waals surface area contributed by atoms with E-state index in [1.807, 2.05) is 32.0 Å². The highest BCUT2D eigenvalue weighted by Gasteiger charge is 2.03. The van der Waals surface area contributed by atoms with Crippen LogP contribution in [0.5, 0.6) is 11.5 Å². The van der Waals surface area contributed by atoms with E-state index < -0.39 is 0 Å². The summed E-state index contributed by atoms with van der Waals surface area (Å²) in [5.41, 5.74) is 4.87. The summed E-state index contributed by atoms with van der Waals surface area (Å²) in [5.74, 6) is 1.38. The number of aryl methyl sites for hydroxylation is 2. The van der Waals surface area contributed by atoms with Crippen LogP contribution in [0, 0.1) is 13.8 Å². The molecule has 5 nitrogen and oxygen atoms in total. The molecule has 0 aliphatic heterocycles. The van der Waals surface area contributed by atoms with Crippen molar-refractivity contribution in [3.63, 3.8) is 0 Å². The van der Waals surface area contributed by atoms with Crippen LogP contribution in [-0.4, -0.2) is 25.4 Å². The predicted molar refractivity (Wildman–Crippen MR) is 82.4 cm³/mol. The third-order valence-electron chi connectivity index (χ3n) is 2.81. The fourth-order valence-electron chi connectivity index (χ4n) is 1.62. The number of anilines is 1. The summed E-state index contributed by atoms with van der Waals surface area (Å²) in [6, 6.07) is 5.62. The van der Waals surface area contributed by atoms with Gasteiger partial charge in [-0.25, -0.2) is 4.98 Å². The molecule has 0 aliphatic carbocycles. The van der Waals surface area contributed by atoms with Crippen molar-refractivity contribution in [2.75, 3.05) is 19.6 Å². The molecule has 2 aromatic rings. The fourth-order valence-corrected chi connectivity index (χ4v) is 2.38. The van der Waals surface area contributed by atoms with E-state index in [9.17, 15) is 0 Å². The molecule has 0 amide bonds. The molecule has 0 aliphatic rings. The average molecular weight is 291 g/mol. The molecule has 6 heteroatoms. The minimum Gasteiger partial charge on any atom is -0.493 e. The maximum absolute atomic E-state index is 5.24. The zero-order valence-electron chi connectivity index (χ0n) is 11.9. The first-order chi connectivity index (χ1) is 9.63. The van der Waals surface area contributed by atoms with E-state index in [2.05, 4.69) is 15.5 Å². The van der Waals surface area contributed by atoms with Crippen LogP contribution < -0.4 is 14.9 Å². The molecule has 2 rings (SSSR count). The number of hydrazone groups is 1. The highest BCUT2D eigenvalue weighted by molar-refractivity contribution is 7.15. The zero-order chi connectivity index (χ0) is 14.5. The first-order valence-corrected chi connectivity index (χ1v) is 6.91. The van der Waals surface area contributed by atoms with E-state index in [1.54, 1.807) is 31.8 Å². The van der Waals surface area contributed by atoms with Crippen molar-refractivity contribution in [2.45, 2.75) is 13.8 Å². The minimum atomic E-state index is 0.678. The van der Waals surface area contributed by atoms with Gasteiger partial charge in [-0.15, -0.1) is 11.3 Å². The summed E-state index contributed by atoms with van der Waals surface area (Å²) in [6.45, 7) is 4.02. The standard InChI is InChI=1S/C14H17N3O2S/c1-9-10(2)20-14(16-9)17-15-8-11-5-6-12(18-3)13(7-11)19-4/h5-8H,1-4H3,(H,16,17)/b15-8-. The molecular formula is C14H17N3O2S. The second kappa shape index (κ2) is 6.38. The Bertz CT molecular complexity index is 603. The number of nitrogens with zero attached hydrogens (tertiary/aromatic N) is 2. The Morgan fingerprint density at radius 3 is 2.55 bits per heavy atom. The third kappa shape index (κ3) is 3.27. The number of benzene rings is 1. The van der Waals surface area contributed by atoms with Crippen LogP contribution in [0.15, 0.2) is 23.3 Å². The summed E-state index contributed by atoms with van der Waals surface area (Å²) in [4.78, 5) is 5.54. The maximum atomic E-state index is 5.24. The van der Waals surface area contributed by atoms with Gasteiger partial charge in [-0.3, -0.25) is 5.43 Å². The van der Waals surface area contributed by atoms with E-state index in [0.29, 0.717) is 11.5 Å². The molecule has 20 heavy (non-hydrogen) atoms. The van der Waals surface area contributed by atoms with Gasteiger partial charge in [-0.05, 0) is 37.6 Å². The van der Waals surface area contributed by atoms with Crippen LogP contribution in [-0.2, 0) is 0 Å². The Morgan fingerprint density at radius 1 is 1.20 bits per heavy atom. The number of hydrogen-bond donors (Lipinski definition) is 1. The lowest BCUT2D eigenvalue weighted by atomic mass is 10.2. The van der Waals surface area contributed by atoms with Crippen LogP contribution in [0.4, 0.5) is 5.13 Å². The van der Waals surface area contributed by atoms with Gasteiger partial charge in [0.2, 0.25) is 5.13 Å². The van der Waals surface area contributed by atoms with E-state index in [0.717, 1.165) is 16.4 Å². The van der Waals surface area contributed by atoms with Crippen LogP contribution in [0.3, 0.4) is 0 Å². The molecule has 0 saturated carbocycles. The second-order valence-corrected chi connectivity index (χ2v) is 5.35. The lowest BCUT2D eigenvalue weighted by Gasteiger charge is -2.07. The molecule has 0 spiro atoms. The molecule has 0 fully saturated rings. The van der Waals surface area contributed by atoms with Crippen molar-refractivity contribution in [1.82, 2.24) is 4.98 Å². The van der Waals surface area contributed by atoms with Crippen LogP contribution in [0.2, 0.25) is 0 Å². The number of aromatic nitrogens is 1. The van der Waals surface area contributed by atoms with Crippen LogP contribution >= 0.6 is 11.3 Å². The quantitative estimate of drug-likeness (QED) is 0.679. The third-order valence-corrected chi connectivity index (χ3v) is 3.79. The first kappa shape index (κ1) is 14.3. The van der Waals surface area contributed by atoms with Gasteiger partial charge in [0.05, 0.1) is 26.1 Å². The maximum Gasteiger partial charge on any atom is 0.203 e. The van der Waals surface area contributed by atoms with Crippen molar-refractivity contribution in [2.24, 2.45) is 5.10 Å². The van der Waals surface area contributed by atoms with Crippen molar-refractivity contribution in [3.8, 4) is 11.5 Å². The molecule has 0 unspecified atom stereocenters. The van der Waals surface area contributed by atoms with Crippen molar-refractivity contribution in [3.05, 3.63) is 34.3 Å². The van der Waals surface area contributed by atoms with Crippen molar-refractivity contribution >= 4 is 22.7 Å². The molecule has 1 aromatic carbocycles. The van der Waals surface area contributed by atoms with Gasteiger partial charge in [0.25, 0.3) is 0 Å². The fraction of sp³-hybridized carbons (Fsp3) is 0.286. The van der Waals surface area contributed by atoms with Crippen molar-refractivity contribution in [1.29, 1.82) is 0 Å². The van der Waals surface area contributed by atoms with Gasteiger partial charge < -0.3 is 9.47 Å². The highest BCUT2D eigenvalue weighted by Crippen LogP contribution is 2.27. The van der Waals surface area contributed by atoms with E-state index in [-0.39, 0.29) is 0 Å². The Morgan fingerprint density at radius 2 is 1.95 bits per heavy atom. The lowest BCUT2D eigenvalue weighted by molar-refractivity contribution is 0.355. The number of thiazole rings is 1. The van der Waals surface area contributed by atoms with Gasteiger partial charge in [-0.2, -0.15) is 5.10 Å². The summed E-state index contributed by atoms with van der Waals surface area (Å²) >= 11 is 1.58. The van der Waals surface area contributed by atoms with Crippen LogP contribution in [0.25, 0.3) is 0 Å². The monoisotopic (exact) mass is 291 g/mol. The Balaban J connectivity index is 2.07. The summed E-state index contributed by atoms with van der Waals surface area (Å²) in [7, 11) is 3.22. The Labute approximate surface area is 122 Å². The van der Waals surface area contributed by atoms with Gasteiger partial charge in [0.1, 0.15) is 0 Å². The normalized spacial score (nSPS) is 10.8. The number of hydrogen-bond acceptors (Lipinski definition) is 6. The summed E-state index contributed by atoms with van der Waals surface area (Å²) in [5, 5.41) is 4.96. The largest absolute Gasteiger partial charge is 0.493 e. The number of nitrogens with one attached hydrogen (secondary N) is 1. The summed E-state index contributed by atoms with van der Waals surface area (Å²) in [6.07, 6.45) is 1.72. The smallest absolute Gasteiger partial charge is 0.203 e. The molecule has 1 N–H and O–H groups in total. The molecule has 0 atom stereocenters. The van der Waals surface area contributed by atoms with E-state index in [1.165, 1.54) is 4.88 Å². The molecule has 106 valence electrons. The number of rotatable bonds is 5. The molecule has 0 radical (unpaired) electrons. The molecule has 0 saturated heterocycles. The van der Waals surface area contributed by atoms with Crippen molar-refractivity contribution < 1.29 is 9.47 Å². The summed E-state index contributed by atoms with van der Waals surface area (Å²) < 4.78 is 10.4. The van der Waals surface area contributed by atoms with E-state index in [4.69, 9.17) is 9.47 Å². The Kier molecular flexibility index (Phi) is 4.57. The van der Waals surface area contributed by atoms with Gasteiger partial charge in [0.15, 0.2) is 11.5 Å². The zero-order valence-corrected chi connectivity index (χ0v) is 12.7. The number of methoxy groups -OCH3 is 2. The molecular weight excluding hydrogens is 274 g/mol. The lowest BCUT2D eigenvalue weighted by Crippen LogP contribution is -1.93. The number of ether oxygens (including phenoxy) is 2. The van der Waals surface area contributed by atoms with Gasteiger partial charge >= 0.3 is 0 Å². The topological polar surface area (TPSA) is 55.7 Å². The molecule has 1 heterocycles. The molecule has 1 aromatic heterocycles. The minimum absolute atomic E-state index is 0.678.